The van der Waals surface area contributed by atoms with Crippen molar-refractivity contribution >= 4 is 45.9 Å². The molecule has 0 saturated heterocycles. The van der Waals surface area contributed by atoms with E-state index < -0.39 is 0 Å². The highest BCUT2D eigenvalue weighted by atomic mass is 35.5. The summed E-state index contributed by atoms with van der Waals surface area (Å²) in [6.07, 6.45) is 0. The lowest BCUT2D eigenvalue weighted by molar-refractivity contribution is 1.65. The maximum absolute atomic E-state index is 5.93. The van der Waals surface area contributed by atoms with Crippen molar-refractivity contribution in [1.82, 2.24) is 0 Å². The number of hydrogen-bond donors (Lipinski definition) is 0. The molecule has 0 bridgehead atoms. The molecule has 0 N–H and O–H groups in total. The molecule has 0 atom stereocenters. The van der Waals surface area contributed by atoms with E-state index in [1.165, 1.54) is 21.6 Å². The van der Waals surface area contributed by atoms with Crippen LogP contribution in [0.5, 0.6) is 0 Å². The van der Waals surface area contributed by atoms with Gasteiger partial charge in [0, 0.05) is 15.5 Å². The first-order chi connectivity index (χ1) is 11.7. The highest BCUT2D eigenvalue weighted by Gasteiger charge is 2.08. The lowest BCUT2D eigenvalue weighted by Gasteiger charge is -2.04. The molecule has 2 heterocycles. The number of halogens is 2. The van der Waals surface area contributed by atoms with Crippen molar-refractivity contribution in [3.8, 4) is 21.6 Å². The normalized spacial score (nSPS) is 10.1. The summed E-state index contributed by atoms with van der Waals surface area (Å²) in [5, 5.41) is 4.85. The first-order valence-corrected chi connectivity index (χ1v) is 9.83. The zero-order valence-electron chi connectivity index (χ0n) is 12.7. The van der Waals surface area contributed by atoms with Crippen molar-refractivity contribution in [2.45, 2.75) is 0 Å². The van der Waals surface area contributed by atoms with Crippen LogP contribution < -0.4 is 0 Å². The number of thiophene rings is 2. The SMILES string of the molecule is Clc1ccc(-c2sccc2-c2ccccc2)cc1.Clc1cccs1. The van der Waals surface area contributed by atoms with E-state index >= 15 is 0 Å². The highest BCUT2D eigenvalue weighted by Crippen LogP contribution is 2.36. The Morgan fingerprint density at radius 2 is 1.33 bits per heavy atom. The van der Waals surface area contributed by atoms with Gasteiger partial charge in [-0.1, -0.05) is 65.7 Å². The van der Waals surface area contributed by atoms with Gasteiger partial charge in [0.1, 0.15) is 0 Å². The fourth-order valence-electron chi connectivity index (χ4n) is 2.24. The Morgan fingerprint density at radius 3 is 1.92 bits per heavy atom. The van der Waals surface area contributed by atoms with Gasteiger partial charge in [0.2, 0.25) is 0 Å². The molecule has 2 aromatic heterocycles. The Kier molecular flexibility index (Phi) is 6.11. The van der Waals surface area contributed by atoms with Crippen LogP contribution in [-0.2, 0) is 0 Å². The van der Waals surface area contributed by atoms with Gasteiger partial charge in [-0.15, -0.1) is 22.7 Å². The van der Waals surface area contributed by atoms with Crippen molar-refractivity contribution in [3.63, 3.8) is 0 Å². The topological polar surface area (TPSA) is 0 Å². The molecular weight excluding hydrogens is 375 g/mol. The third-order valence-electron chi connectivity index (χ3n) is 3.34. The van der Waals surface area contributed by atoms with Gasteiger partial charge in [0.25, 0.3) is 0 Å². The van der Waals surface area contributed by atoms with E-state index in [9.17, 15) is 0 Å². The lowest BCUT2D eigenvalue weighted by Crippen LogP contribution is -1.78. The molecule has 0 unspecified atom stereocenters. The van der Waals surface area contributed by atoms with Crippen molar-refractivity contribution in [2.24, 2.45) is 0 Å². The summed E-state index contributed by atoms with van der Waals surface area (Å²) in [4.78, 5) is 1.29. The van der Waals surface area contributed by atoms with Crippen LogP contribution in [0.2, 0.25) is 9.36 Å². The average molecular weight is 389 g/mol. The summed E-state index contributed by atoms with van der Waals surface area (Å²) < 4.78 is 0.856. The number of benzene rings is 2. The van der Waals surface area contributed by atoms with E-state index in [0.717, 1.165) is 9.36 Å². The molecule has 120 valence electrons. The second kappa shape index (κ2) is 8.50. The quantitative estimate of drug-likeness (QED) is 0.325. The smallest absolute Gasteiger partial charge is 0.0928 e. The van der Waals surface area contributed by atoms with E-state index in [-0.39, 0.29) is 0 Å². The van der Waals surface area contributed by atoms with Crippen LogP contribution >= 0.6 is 45.9 Å². The fraction of sp³-hybridized carbons (Fsp3) is 0. The van der Waals surface area contributed by atoms with Crippen LogP contribution in [0, 0.1) is 0 Å². The molecule has 2 aromatic carbocycles. The molecule has 4 heteroatoms. The predicted molar refractivity (Wildman–Crippen MR) is 110 cm³/mol. The van der Waals surface area contributed by atoms with Crippen molar-refractivity contribution < 1.29 is 0 Å². The van der Waals surface area contributed by atoms with Crippen LogP contribution in [0.15, 0.2) is 83.6 Å². The largest absolute Gasteiger partial charge is 0.143 e. The second-order valence-corrected chi connectivity index (χ2v) is 7.89. The Bertz CT molecular complexity index is 864. The summed E-state index contributed by atoms with van der Waals surface area (Å²) in [7, 11) is 0. The minimum absolute atomic E-state index is 0.775. The summed E-state index contributed by atoms with van der Waals surface area (Å²) in [6.45, 7) is 0. The molecule has 0 spiro atoms. The van der Waals surface area contributed by atoms with E-state index in [1.807, 2.05) is 35.7 Å². The Morgan fingerprint density at radius 1 is 0.583 bits per heavy atom. The van der Waals surface area contributed by atoms with Crippen molar-refractivity contribution in [2.75, 3.05) is 0 Å². The van der Waals surface area contributed by atoms with Crippen molar-refractivity contribution in [1.29, 1.82) is 0 Å². The molecule has 24 heavy (non-hydrogen) atoms. The summed E-state index contributed by atoms with van der Waals surface area (Å²) in [5.74, 6) is 0. The minimum atomic E-state index is 0.775. The zero-order chi connectivity index (χ0) is 16.8. The van der Waals surface area contributed by atoms with Crippen LogP contribution in [0.4, 0.5) is 0 Å². The number of rotatable bonds is 2. The predicted octanol–water partition coefficient (Wildman–Crippen LogP) is 8.14. The maximum Gasteiger partial charge on any atom is 0.0928 e. The number of hydrogen-bond acceptors (Lipinski definition) is 2. The van der Waals surface area contributed by atoms with Gasteiger partial charge in [-0.25, -0.2) is 0 Å². The summed E-state index contributed by atoms with van der Waals surface area (Å²) in [6, 6.07) is 24.4. The Hall–Kier alpha value is -1.58. The first-order valence-electron chi connectivity index (χ1n) is 7.32. The van der Waals surface area contributed by atoms with E-state index in [1.54, 1.807) is 22.7 Å². The van der Waals surface area contributed by atoms with Gasteiger partial charge >= 0.3 is 0 Å². The summed E-state index contributed by atoms with van der Waals surface area (Å²) in [5.41, 5.74) is 3.75. The third kappa shape index (κ3) is 4.49. The minimum Gasteiger partial charge on any atom is -0.143 e. The molecule has 0 amide bonds. The average Bonchev–Trinajstić information content (AvgIpc) is 3.28. The molecule has 0 aliphatic rings. The molecule has 0 fully saturated rings. The first kappa shape index (κ1) is 17.2. The summed E-state index contributed by atoms with van der Waals surface area (Å²) >= 11 is 14.7. The monoisotopic (exact) mass is 388 g/mol. The fourth-order valence-corrected chi connectivity index (χ4v) is 3.96. The second-order valence-electron chi connectivity index (χ2n) is 4.95. The molecule has 4 aromatic rings. The van der Waals surface area contributed by atoms with Crippen LogP contribution in [0.3, 0.4) is 0 Å². The van der Waals surface area contributed by atoms with Crippen LogP contribution in [-0.4, -0.2) is 0 Å². The van der Waals surface area contributed by atoms with Gasteiger partial charge in [-0.3, -0.25) is 0 Å². The third-order valence-corrected chi connectivity index (χ3v) is 5.61. The van der Waals surface area contributed by atoms with E-state index in [4.69, 9.17) is 23.2 Å². The van der Waals surface area contributed by atoms with Gasteiger partial charge < -0.3 is 0 Å². The van der Waals surface area contributed by atoms with E-state index in [2.05, 4.69) is 47.8 Å². The lowest BCUT2D eigenvalue weighted by atomic mass is 10.0. The van der Waals surface area contributed by atoms with Crippen LogP contribution in [0.25, 0.3) is 21.6 Å². The van der Waals surface area contributed by atoms with Crippen molar-refractivity contribution in [3.05, 3.63) is 92.9 Å². The molecule has 0 aliphatic carbocycles. The standard InChI is InChI=1S/C16H11ClS.C4H3ClS/c17-14-8-6-13(7-9-14)16-15(10-11-18-16)12-4-2-1-3-5-12;5-4-2-1-3-6-4/h1-11H;1-3H. The van der Waals surface area contributed by atoms with Gasteiger partial charge in [0.05, 0.1) is 4.34 Å². The van der Waals surface area contributed by atoms with Crippen LogP contribution in [0.1, 0.15) is 0 Å². The molecule has 4 rings (SSSR count). The maximum atomic E-state index is 5.93. The Labute approximate surface area is 159 Å². The molecule has 0 saturated carbocycles. The Balaban J connectivity index is 0.000000238. The highest BCUT2D eigenvalue weighted by molar-refractivity contribution is 7.14. The van der Waals surface area contributed by atoms with E-state index in [0.29, 0.717) is 0 Å². The van der Waals surface area contributed by atoms with Gasteiger partial charge in [0.15, 0.2) is 0 Å². The molecule has 0 aliphatic heterocycles. The molecule has 0 nitrogen and oxygen atoms in total. The molecule has 0 radical (unpaired) electrons. The zero-order valence-corrected chi connectivity index (χ0v) is 15.8. The van der Waals surface area contributed by atoms with Gasteiger partial charge in [-0.05, 0) is 52.2 Å². The van der Waals surface area contributed by atoms with Gasteiger partial charge in [-0.2, -0.15) is 0 Å². The molecular formula is C20H14Cl2S2.